The zero-order valence-corrected chi connectivity index (χ0v) is 9.79. The van der Waals surface area contributed by atoms with Crippen LogP contribution in [-0.2, 0) is 5.75 Å². The van der Waals surface area contributed by atoms with Gasteiger partial charge in [0.05, 0.1) is 5.02 Å². The fourth-order valence-electron chi connectivity index (χ4n) is 1.65. The lowest BCUT2D eigenvalue weighted by Crippen LogP contribution is -2.05. The van der Waals surface area contributed by atoms with Crippen LogP contribution in [0.25, 0.3) is 0 Å². The normalized spacial score (nSPS) is 21.0. The van der Waals surface area contributed by atoms with Gasteiger partial charge >= 0.3 is 0 Å². The summed E-state index contributed by atoms with van der Waals surface area (Å²) in [5.74, 6) is 0.224. The van der Waals surface area contributed by atoms with Gasteiger partial charge in [-0.1, -0.05) is 18.5 Å². The first-order valence-electron chi connectivity index (χ1n) is 4.71. The van der Waals surface area contributed by atoms with Crippen LogP contribution in [0.2, 0.25) is 5.02 Å². The summed E-state index contributed by atoms with van der Waals surface area (Å²) in [7, 11) is 0. The third-order valence-corrected chi connectivity index (χ3v) is 4.08. The Labute approximate surface area is 97.0 Å². The quantitative estimate of drug-likeness (QED) is 0.693. The molecule has 2 rings (SSSR count). The Bertz CT molecular complexity index is 419. The topological polar surface area (TPSA) is 17.1 Å². The number of ketones is 1. The Morgan fingerprint density at radius 3 is 3.00 bits per heavy atom. The van der Waals surface area contributed by atoms with Crippen molar-refractivity contribution in [2.75, 3.05) is 0 Å². The predicted molar refractivity (Wildman–Crippen MR) is 61.1 cm³/mol. The molecule has 0 aliphatic carbocycles. The van der Waals surface area contributed by atoms with Gasteiger partial charge in [-0.3, -0.25) is 4.79 Å². The standard InChI is InChI=1S/C11H10ClFOS/c1-6-4-10(14)7-2-3-9(13)11(12)8(7)5-15-6/h2-3,6H,4-5H2,1H3. The fourth-order valence-corrected chi connectivity index (χ4v) is 2.98. The van der Waals surface area contributed by atoms with E-state index in [2.05, 4.69) is 0 Å². The Hall–Kier alpha value is -0.540. The summed E-state index contributed by atoms with van der Waals surface area (Å²) in [6, 6.07) is 2.80. The van der Waals surface area contributed by atoms with Crippen LogP contribution in [0, 0.1) is 5.82 Å². The van der Waals surface area contributed by atoms with Crippen LogP contribution < -0.4 is 0 Å². The van der Waals surface area contributed by atoms with Crippen LogP contribution in [0.15, 0.2) is 12.1 Å². The molecule has 0 saturated carbocycles. The molecule has 0 spiro atoms. The van der Waals surface area contributed by atoms with Crippen LogP contribution in [0.1, 0.15) is 29.3 Å². The van der Waals surface area contributed by atoms with E-state index in [1.165, 1.54) is 12.1 Å². The minimum atomic E-state index is -0.446. The maximum absolute atomic E-state index is 13.2. The second-order valence-electron chi connectivity index (χ2n) is 3.64. The highest BCUT2D eigenvalue weighted by molar-refractivity contribution is 7.99. The van der Waals surface area contributed by atoms with Crippen LogP contribution in [0.3, 0.4) is 0 Å². The maximum atomic E-state index is 13.2. The molecule has 15 heavy (non-hydrogen) atoms. The van der Waals surface area contributed by atoms with E-state index in [0.29, 0.717) is 23.3 Å². The highest BCUT2D eigenvalue weighted by Crippen LogP contribution is 2.34. The molecule has 0 saturated heterocycles. The molecule has 80 valence electrons. The van der Waals surface area contributed by atoms with Gasteiger partial charge in [0.25, 0.3) is 0 Å². The summed E-state index contributed by atoms with van der Waals surface area (Å²) in [6.07, 6.45) is 0.500. The zero-order chi connectivity index (χ0) is 11.0. The lowest BCUT2D eigenvalue weighted by molar-refractivity contribution is 0.0983. The first-order chi connectivity index (χ1) is 7.09. The predicted octanol–water partition coefficient (Wildman–Crippen LogP) is 3.69. The van der Waals surface area contributed by atoms with Crippen molar-refractivity contribution in [3.05, 3.63) is 34.1 Å². The van der Waals surface area contributed by atoms with Gasteiger partial charge in [0, 0.05) is 23.0 Å². The molecule has 0 amide bonds. The molecular formula is C11H10ClFOS. The Balaban J connectivity index is 2.53. The van der Waals surface area contributed by atoms with Gasteiger partial charge in [0.15, 0.2) is 5.78 Å². The van der Waals surface area contributed by atoms with Gasteiger partial charge in [0.2, 0.25) is 0 Å². The lowest BCUT2D eigenvalue weighted by atomic mass is 10.0. The number of rotatable bonds is 0. The van der Waals surface area contributed by atoms with E-state index in [0.717, 1.165) is 0 Å². The van der Waals surface area contributed by atoms with Crippen molar-refractivity contribution in [3.8, 4) is 0 Å². The molecule has 1 aromatic carbocycles. The molecule has 1 nitrogen and oxygen atoms in total. The van der Waals surface area contributed by atoms with E-state index in [4.69, 9.17) is 11.6 Å². The summed E-state index contributed by atoms with van der Waals surface area (Å²) < 4.78 is 13.2. The van der Waals surface area contributed by atoms with E-state index < -0.39 is 5.82 Å². The summed E-state index contributed by atoms with van der Waals surface area (Å²) in [6.45, 7) is 2.00. The molecular weight excluding hydrogens is 235 g/mol. The van der Waals surface area contributed by atoms with Crippen molar-refractivity contribution in [2.45, 2.75) is 24.3 Å². The van der Waals surface area contributed by atoms with E-state index >= 15 is 0 Å². The molecule has 1 aromatic rings. The second kappa shape index (κ2) is 4.14. The molecule has 1 aliphatic heterocycles. The molecule has 0 bridgehead atoms. The highest BCUT2D eigenvalue weighted by atomic mass is 35.5. The van der Waals surface area contributed by atoms with Crippen molar-refractivity contribution >= 4 is 29.1 Å². The third-order valence-electron chi connectivity index (χ3n) is 2.48. The maximum Gasteiger partial charge on any atom is 0.164 e. The molecule has 1 atom stereocenters. The van der Waals surface area contributed by atoms with Crippen molar-refractivity contribution < 1.29 is 9.18 Å². The van der Waals surface area contributed by atoms with Crippen molar-refractivity contribution in [1.82, 2.24) is 0 Å². The molecule has 1 aliphatic rings. The van der Waals surface area contributed by atoms with Crippen LogP contribution >= 0.6 is 23.4 Å². The molecule has 0 N–H and O–H groups in total. The monoisotopic (exact) mass is 244 g/mol. The second-order valence-corrected chi connectivity index (χ2v) is 5.44. The van der Waals surface area contributed by atoms with E-state index in [1.54, 1.807) is 11.8 Å². The first kappa shape index (κ1) is 11.0. The third kappa shape index (κ3) is 2.04. The molecule has 0 fully saturated rings. The SMILES string of the molecule is CC1CC(=O)c2ccc(F)c(Cl)c2CS1. The van der Waals surface area contributed by atoms with Crippen LogP contribution in [0.4, 0.5) is 4.39 Å². The summed E-state index contributed by atoms with van der Waals surface area (Å²) >= 11 is 7.49. The van der Waals surface area contributed by atoms with Gasteiger partial charge in [-0.05, 0) is 17.7 Å². The molecule has 0 aromatic heterocycles. The lowest BCUT2D eigenvalue weighted by Gasteiger charge is -2.06. The van der Waals surface area contributed by atoms with Crippen molar-refractivity contribution in [3.63, 3.8) is 0 Å². The van der Waals surface area contributed by atoms with Gasteiger partial charge < -0.3 is 0 Å². The number of hydrogen-bond acceptors (Lipinski definition) is 2. The number of carbonyl (C=O) groups is 1. The zero-order valence-electron chi connectivity index (χ0n) is 8.22. The molecule has 0 radical (unpaired) electrons. The number of carbonyl (C=O) groups excluding carboxylic acids is 1. The van der Waals surface area contributed by atoms with E-state index in [9.17, 15) is 9.18 Å². The number of fused-ring (bicyclic) bond motifs is 1. The Morgan fingerprint density at radius 2 is 2.27 bits per heavy atom. The first-order valence-corrected chi connectivity index (χ1v) is 6.14. The highest BCUT2D eigenvalue weighted by Gasteiger charge is 2.23. The van der Waals surface area contributed by atoms with Crippen LogP contribution in [0.5, 0.6) is 0 Å². The van der Waals surface area contributed by atoms with Crippen molar-refractivity contribution in [1.29, 1.82) is 0 Å². The smallest absolute Gasteiger partial charge is 0.164 e. The largest absolute Gasteiger partial charge is 0.294 e. The minimum Gasteiger partial charge on any atom is -0.294 e. The van der Waals surface area contributed by atoms with E-state index in [1.807, 2.05) is 6.92 Å². The molecule has 1 unspecified atom stereocenters. The number of Topliss-reactive ketones (excluding diaryl/α,β-unsaturated/α-hetero) is 1. The van der Waals surface area contributed by atoms with E-state index in [-0.39, 0.29) is 16.1 Å². The summed E-state index contributed by atoms with van der Waals surface area (Å²) in [5, 5.41) is 0.367. The van der Waals surface area contributed by atoms with Gasteiger partial charge in [0.1, 0.15) is 5.82 Å². The van der Waals surface area contributed by atoms with Crippen LogP contribution in [-0.4, -0.2) is 11.0 Å². The number of thioether (sulfide) groups is 1. The summed E-state index contributed by atoms with van der Waals surface area (Å²) in [4.78, 5) is 11.8. The average Bonchev–Trinajstić information content (AvgIpc) is 2.32. The van der Waals surface area contributed by atoms with Crippen molar-refractivity contribution in [2.24, 2.45) is 0 Å². The van der Waals surface area contributed by atoms with Gasteiger partial charge in [-0.2, -0.15) is 11.8 Å². The number of hydrogen-bond donors (Lipinski definition) is 0. The number of halogens is 2. The van der Waals surface area contributed by atoms with Gasteiger partial charge in [-0.15, -0.1) is 0 Å². The van der Waals surface area contributed by atoms with Gasteiger partial charge in [-0.25, -0.2) is 4.39 Å². The molecule has 1 heterocycles. The average molecular weight is 245 g/mol. The summed E-state index contributed by atoms with van der Waals surface area (Å²) in [5.41, 5.74) is 1.23. The number of benzene rings is 1. The Kier molecular flexibility index (Phi) is 3.03. The molecule has 4 heteroatoms. The fraction of sp³-hybridized carbons (Fsp3) is 0.364. The Morgan fingerprint density at radius 1 is 1.53 bits per heavy atom. The minimum absolute atomic E-state index is 0.0596.